The topological polar surface area (TPSA) is 17.8 Å². The molecule has 0 fully saturated rings. The van der Waals surface area contributed by atoms with E-state index in [1.807, 2.05) is 12.4 Å². The standard InChI is InChI=1S/C17H14N2S/c1-12-9-14-7-8-20-17(14)16-15(18-11-19(16)10-12)13-5-3-2-4-6-13/h2-8,10-11H,9H2,1H3. The maximum absolute atomic E-state index is 4.65. The van der Waals surface area contributed by atoms with Gasteiger partial charge in [-0.1, -0.05) is 35.9 Å². The zero-order chi connectivity index (χ0) is 13.5. The van der Waals surface area contributed by atoms with Gasteiger partial charge in [0.25, 0.3) is 0 Å². The summed E-state index contributed by atoms with van der Waals surface area (Å²) in [6.45, 7) is 2.18. The Bertz CT molecular complexity index is 794. The lowest BCUT2D eigenvalue weighted by Gasteiger charge is -2.05. The first-order valence-electron chi connectivity index (χ1n) is 6.69. The fourth-order valence-electron chi connectivity index (χ4n) is 2.76. The van der Waals surface area contributed by atoms with Crippen LogP contribution in [0.4, 0.5) is 0 Å². The van der Waals surface area contributed by atoms with E-state index >= 15 is 0 Å². The maximum atomic E-state index is 4.65. The Labute approximate surface area is 122 Å². The molecule has 0 saturated heterocycles. The molecule has 4 rings (SSSR count). The fraction of sp³-hybridized carbons (Fsp3) is 0.118. The number of thiophene rings is 1. The van der Waals surface area contributed by atoms with Gasteiger partial charge in [0.1, 0.15) is 0 Å². The predicted octanol–water partition coefficient (Wildman–Crippen LogP) is 4.70. The minimum atomic E-state index is 1.02. The lowest BCUT2D eigenvalue weighted by atomic mass is 10.1. The molecule has 3 aromatic rings. The predicted molar refractivity (Wildman–Crippen MR) is 84.6 cm³/mol. The van der Waals surface area contributed by atoms with Gasteiger partial charge in [-0.25, -0.2) is 4.98 Å². The summed E-state index contributed by atoms with van der Waals surface area (Å²) in [5, 5.41) is 2.18. The third-order valence-corrected chi connectivity index (χ3v) is 4.59. The van der Waals surface area contributed by atoms with E-state index < -0.39 is 0 Å². The Hall–Kier alpha value is -2.13. The highest BCUT2D eigenvalue weighted by Gasteiger charge is 2.20. The Kier molecular flexibility index (Phi) is 2.60. The molecular formula is C17H14N2S. The van der Waals surface area contributed by atoms with Gasteiger partial charge >= 0.3 is 0 Å². The second kappa shape index (κ2) is 4.46. The minimum Gasteiger partial charge on any atom is -0.304 e. The molecule has 0 unspecified atom stereocenters. The third kappa shape index (κ3) is 1.74. The zero-order valence-electron chi connectivity index (χ0n) is 11.2. The van der Waals surface area contributed by atoms with Crippen molar-refractivity contribution in [2.24, 2.45) is 0 Å². The molecule has 1 aliphatic rings. The van der Waals surface area contributed by atoms with Gasteiger partial charge in [-0.15, -0.1) is 11.3 Å². The molecule has 20 heavy (non-hydrogen) atoms. The second-order valence-corrected chi connectivity index (χ2v) is 6.06. The number of hydrogen-bond acceptors (Lipinski definition) is 2. The highest BCUT2D eigenvalue weighted by Crippen LogP contribution is 2.39. The van der Waals surface area contributed by atoms with Crippen LogP contribution >= 0.6 is 11.3 Å². The number of rotatable bonds is 1. The second-order valence-electron chi connectivity index (χ2n) is 5.14. The maximum Gasteiger partial charge on any atom is 0.1000 e. The molecule has 1 aliphatic heterocycles. The molecule has 0 saturated carbocycles. The summed E-state index contributed by atoms with van der Waals surface area (Å²) >= 11 is 1.80. The minimum absolute atomic E-state index is 1.02. The first-order valence-corrected chi connectivity index (χ1v) is 7.57. The first-order chi connectivity index (χ1) is 9.83. The molecule has 0 radical (unpaired) electrons. The van der Waals surface area contributed by atoms with E-state index in [9.17, 15) is 0 Å². The number of allylic oxidation sites excluding steroid dienone is 1. The van der Waals surface area contributed by atoms with E-state index in [1.54, 1.807) is 11.3 Å². The van der Waals surface area contributed by atoms with Gasteiger partial charge in [-0.3, -0.25) is 0 Å². The number of benzene rings is 1. The highest BCUT2D eigenvalue weighted by molar-refractivity contribution is 7.13. The van der Waals surface area contributed by atoms with Crippen molar-refractivity contribution in [2.75, 3.05) is 0 Å². The first kappa shape index (κ1) is 11.7. The number of aromatic nitrogens is 2. The van der Waals surface area contributed by atoms with E-state index in [1.165, 1.54) is 27.3 Å². The van der Waals surface area contributed by atoms with Crippen LogP contribution in [0.2, 0.25) is 0 Å². The van der Waals surface area contributed by atoms with Crippen molar-refractivity contribution >= 4 is 17.5 Å². The van der Waals surface area contributed by atoms with Crippen molar-refractivity contribution in [3.05, 3.63) is 59.2 Å². The molecule has 2 nitrogen and oxygen atoms in total. The summed E-state index contributed by atoms with van der Waals surface area (Å²) in [7, 11) is 0. The largest absolute Gasteiger partial charge is 0.304 e. The molecule has 0 atom stereocenters. The highest BCUT2D eigenvalue weighted by atomic mass is 32.1. The summed E-state index contributed by atoms with van der Waals surface area (Å²) in [6, 6.07) is 12.6. The molecule has 3 heterocycles. The molecule has 0 spiro atoms. The quantitative estimate of drug-likeness (QED) is 0.631. The number of nitrogens with zero attached hydrogens (tertiary/aromatic N) is 2. The number of hydrogen-bond donors (Lipinski definition) is 0. The van der Waals surface area contributed by atoms with Crippen molar-refractivity contribution in [1.82, 2.24) is 9.55 Å². The van der Waals surface area contributed by atoms with Crippen LogP contribution in [-0.4, -0.2) is 9.55 Å². The Balaban J connectivity index is 2.01. The van der Waals surface area contributed by atoms with E-state index in [0.717, 1.165) is 12.1 Å². The number of fused-ring (bicyclic) bond motifs is 3. The average molecular weight is 278 g/mol. The van der Waals surface area contributed by atoms with Crippen molar-refractivity contribution in [3.8, 4) is 21.8 Å². The molecule has 1 aromatic carbocycles. The van der Waals surface area contributed by atoms with Crippen LogP contribution in [0.5, 0.6) is 0 Å². The van der Waals surface area contributed by atoms with Gasteiger partial charge in [0.05, 0.1) is 22.6 Å². The van der Waals surface area contributed by atoms with Crippen LogP contribution in [0.25, 0.3) is 28.0 Å². The molecule has 98 valence electrons. The lowest BCUT2D eigenvalue weighted by molar-refractivity contribution is 1.11. The fourth-order valence-corrected chi connectivity index (χ4v) is 3.73. The smallest absolute Gasteiger partial charge is 0.1000 e. The average Bonchev–Trinajstić information content (AvgIpc) is 3.04. The zero-order valence-corrected chi connectivity index (χ0v) is 12.0. The summed E-state index contributed by atoms with van der Waals surface area (Å²) in [5.74, 6) is 0. The van der Waals surface area contributed by atoms with Gasteiger partial charge in [0.15, 0.2) is 0 Å². The van der Waals surface area contributed by atoms with Crippen molar-refractivity contribution in [1.29, 1.82) is 0 Å². The third-order valence-electron chi connectivity index (χ3n) is 3.63. The summed E-state index contributed by atoms with van der Waals surface area (Å²) in [6.07, 6.45) is 5.15. The van der Waals surface area contributed by atoms with E-state index in [-0.39, 0.29) is 0 Å². The van der Waals surface area contributed by atoms with Crippen LogP contribution in [0.1, 0.15) is 12.5 Å². The molecule has 0 N–H and O–H groups in total. The molecule has 0 aliphatic carbocycles. The molecule has 3 heteroatoms. The summed E-state index contributed by atoms with van der Waals surface area (Å²) < 4.78 is 2.17. The van der Waals surface area contributed by atoms with Gasteiger partial charge in [0, 0.05) is 11.8 Å². The van der Waals surface area contributed by atoms with Crippen LogP contribution in [0, 0.1) is 0 Å². The number of imidazole rings is 1. The normalized spacial score (nSPS) is 13.3. The van der Waals surface area contributed by atoms with E-state index in [2.05, 4.69) is 58.4 Å². The van der Waals surface area contributed by atoms with Gasteiger partial charge < -0.3 is 4.57 Å². The monoisotopic (exact) mass is 278 g/mol. The Morgan fingerprint density at radius 1 is 1.15 bits per heavy atom. The molecule has 2 aromatic heterocycles. The van der Waals surface area contributed by atoms with Crippen LogP contribution in [0.15, 0.2) is 53.7 Å². The van der Waals surface area contributed by atoms with E-state index in [0.29, 0.717) is 0 Å². The Morgan fingerprint density at radius 3 is 2.85 bits per heavy atom. The van der Waals surface area contributed by atoms with Crippen molar-refractivity contribution in [3.63, 3.8) is 0 Å². The van der Waals surface area contributed by atoms with Crippen LogP contribution in [-0.2, 0) is 6.42 Å². The summed E-state index contributed by atoms with van der Waals surface area (Å²) in [4.78, 5) is 5.99. The van der Waals surface area contributed by atoms with Crippen molar-refractivity contribution < 1.29 is 0 Å². The molecule has 0 bridgehead atoms. The van der Waals surface area contributed by atoms with E-state index in [4.69, 9.17) is 0 Å². The molecule has 0 amide bonds. The molecular weight excluding hydrogens is 264 g/mol. The van der Waals surface area contributed by atoms with Crippen LogP contribution in [0.3, 0.4) is 0 Å². The van der Waals surface area contributed by atoms with Crippen LogP contribution < -0.4 is 0 Å². The SMILES string of the molecule is CC1=Cn2cnc(-c3ccccc3)c2-c2sccc2C1. The van der Waals surface area contributed by atoms with Gasteiger partial charge in [0.2, 0.25) is 0 Å². The Morgan fingerprint density at radius 2 is 2.00 bits per heavy atom. The van der Waals surface area contributed by atoms with Crippen molar-refractivity contribution in [2.45, 2.75) is 13.3 Å². The lowest BCUT2D eigenvalue weighted by Crippen LogP contribution is -1.88. The van der Waals surface area contributed by atoms with Gasteiger partial charge in [-0.2, -0.15) is 0 Å². The van der Waals surface area contributed by atoms with Gasteiger partial charge in [-0.05, 0) is 30.4 Å². The summed E-state index contributed by atoms with van der Waals surface area (Å²) in [5.41, 5.74) is 6.23.